The second kappa shape index (κ2) is 5.69. The number of nitrogens with two attached hydrogens (primary N) is 1. The van der Waals surface area contributed by atoms with Gasteiger partial charge in [-0.1, -0.05) is 20.3 Å². The Labute approximate surface area is 87.4 Å². The van der Waals surface area contributed by atoms with Crippen LogP contribution in [0.4, 0.5) is 0 Å². The van der Waals surface area contributed by atoms with Crippen LogP contribution >= 0.6 is 0 Å². The maximum Gasteiger partial charge on any atom is 0.0551 e. The lowest BCUT2D eigenvalue weighted by Crippen LogP contribution is -2.42. The van der Waals surface area contributed by atoms with Crippen molar-refractivity contribution in [2.45, 2.75) is 52.2 Å². The van der Waals surface area contributed by atoms with E-state index in [9.17, 15) is 0 Å². The second-order valence-corrected chi connectivity index (χ2v) is 4.66. The van der Waals surface area contributed by atoms with E-state index < -0.39 is 0 Å². The molecule has 1 saturated heterocycles. The summed E-state index contributed by atoms with van der Waals surface area (Å²) in [6.07, 6.45) is 3.94. The standard InChI is InChI=1S/C11H24N2O/c1-4-8(2)5-11(13-12)10-6-9(3)14-7-10/h8-11,13H,4-7,12H2,1-3H3. The minimum atomic E-state index is 0.410. The summed E-state index contributed by atoms with van der Waals surface area (Å²) in [6, 6.07) is 0.426. The number of hydrogen-bond acceptors (Lipinski definition) is 3. The average Bonchev–Trinajstić information content (AvgIpc) is 2.60. The van der Waals surface area contributed by atoms with Crippen LogP contribution in [0.2, 0.25) is 0 Å². The summed E-state index contributed by atoms with van der Waals surface area (Å²) >= 11 is 0. The Morgan fingerprint density at radius 2 is 2.29 bits per heavy atom. The van der Waals surface area contributed by atoms with E-state index in [1.54, 1.807) is 0 Å². The Morgan fingerprint density at radius 3 is 2.71 bits per heavy atom. The van der Waals surface area contributed by atoms with Gasteiger partial charge in [0.15, 0.2) is 0 Å². The van der Waals surface area contributed by atoms with Crippen LogP contribution in [-0.4, -0.2) is 18.8 Å². The number of hydrazine groups is 1. The van der Waals surface area contributed by atoms with Crippen molar-refractivity contribution in [1.82, 2.24) is 5.43 Å². The largest absolute Gasteiger partial charge is 0.378 e. The lowest BCUT2D eigenvalue weighted by Gasteiger charge is -2.24. The van der Waals surface area contributed by atoms with E-state index in [0.717, 1.165) is 25.4 Å². The zero-order valence-corrected chi connectivity index (χ0v) is 9.62. The molecule has 1 aliphatic heterocycles. The summed E-state index contributed by atoms with van der Waals surface area (Å²) in [4.78, 5) is 0. The van der Waals surface area contributed by atoms with Crippen LogP contribution in [0.25, 0.3) is 0 Å². The molecular weight excluding hydrogens is 176 g/mol. The molecule has 0 spiro atoms. The lowest BCUT2D eigenvalue weighted by molar-refractivity contribution is 0.115. The smallest absolute Gasteiger partial charge is 0.0551 e. The summed E-state index contributed by atoms with van der Waals surface area (Å²) < 4.78 is 5.57. The van der Waals surface area contributed by atoms with E-state index in [1.165, 1.54) is 6.42 Å². The molecule has 1 rings (SSSR count). The van der Waals surface area contributed by atoms with E-state index in [1.807, 2.05) is 0 Å². The fourth-order valence-electron chi connectivity index (χ4n) is 2.13. The van der Waals surface area contributed by atoms with Gasteiger partial charge >= 0.3 is 0 Å². The summed E-state index contributed by atoms with van der Waals surface area (Å²) in [6.45, 7) is 7.51. The normalized spacial score (nSPS) is 31.7. The molecule has 4 unspecified atom stereocenters. The first-order valence-corrected chi connectivity index (χ1v) is 5.75. The number of rotatable bonds is 5. The Hall–Kier alpha value is -0.120. The van der Waals surface area contributed by atoms with Crippen molar-refractivity contribution in [2.24, 2.45) is 17.7 Å². The van der Waals surface area contributed by atoms with E-state index in [0.29, 0.717) is 18.1 Å². The summed E-state index contributed by atoms with van der Waals surface area (Å²) in [5, 5.41) is 0. The van der Waals surface area contributed by atoms with E-state index in [4.69, 9.17) is 10.6 Å². The van der Waals surface area contributed by atoms with Gasteiger partial charge in [-0.15, -0.1) is 0 Å². The molecule has 1 aliphatic rings. The average molecular weight is 200 g/mol. The van der Waals surface area contributed by atoms with Crippen molar-refractivity contribution in [3.05, 3.63) is 0 Å². The van der Waals surface area contributed by atoms with Crippen LogP contribution in [0.3, 0.4) is 0 Å². The monoisotopic (exact) mass is 200 g/mol. The molecule has 4 atom stereocenters. The summed E-state index contributed by atoms with van der Waals surface area (Å²) in [5.41, 5.74) is 2.95. The third-order valence-corrected chi connectivity index (χ3v) is 3.37. The van der Waals surface area contributed by atoms with Crippen LogP contribution in [0, 0.1) is 11.8 Å². The van der Waals surface area contributed by atoms with Crippen molar-refractivity contribution in [1.29, 1.82) is 0 Å². The van der Waals surface area contributed by atoms with Gasteiger partial charge in [0.25, 0.3) is 0 Å². The molecule has 84 valence electrons. The Balaban J connectivity index is 2.37. The highest BCUT2D eigenvalue weighted by Gasteiger charge is 2.29. The molecule has 0 saturated carbocycles. The van der Waals surface area contributed by atoms with Gasteiger partial charge in [0.1, 0.15) is 0 Å². The predicted molar refractivity (Wildman–Crippen MR) is 58.7 cm³/mol. The molecular formula is C11H24N2O. The fourth-order valence-corrected chi connectivity index (χ4v) is 2.13. The Morgan fingerprint density at radius 1 is 1.57 bits per heavy atom. The van der Waals surface area contributed by atoms with Crippen LogP contribution in [0.5, 0.6) is 0 Å². The van der Waals surface area contributed by atoms with Gasteiger partial charge in [-0.25, -0.2) is 0 Å². The van der Waals surface area contributed by atoms with Gasteiger partial charge in [-0.2, -0.15) is 0 Å². The Bertz CT molecular complexity index is 163. The molecule has 1 fully saturated rings. The maximum absolute atomic E-state index is 5.60. The maximum atomic E-state index is 5.60. The zero-order chi connectivity index (χ0) is 10.6. The van der Waals surface area contributed by atoms with Crippen molar-refractivity contribution in [3.63, 3.8) is 0 Å². The molecule has 0 aromatic rings. The van der Waals surface area contributed by atoms with E-state index in [2.05, 4.69) is 26.2 Å². The first-order chi connectivity index (χ1) is 6.67. The van der Waals surface area contributed by atoms with E-state index >= 15 is 0 Å². The molecule has 3 N–H and O–H groups in total. The lowest BCUT2D eigenvalue weighted by atomic mass is 9.89. The molecule has 1 heterocycles. The van der Waals surface area contributed by atoms with Gasteiger partial charge in [-0.05, 0) is 25.7 Å². The fraction of sp³-hybridized carbons (Fsp3) is 1.00. The van der Waals surface area contributed by atoms with Crippen LogP contribution in [-0.2, 0) is 4.74 Å². The minimum absolute atomic E-state index is 0.410. The highest BCUT2D eigenvalue weighted by Crippen LogP contribution is 2.25. The van der Waals surface area contributed by atoms with Gasteiger partial charge in [0.2, 0.25) is 0 Å². The van der Waals surface area contributed by atoms with Gasteiger partial charge in [0, 0.05) is 12.0 Å². The molecule has 3 nitrogen and oxygen atoms in total. The number of hydrogen-bond donors (Lipinski definition) is 2. The van der Waals surface area contributed by atoms with Gasteiger partial charge in [0.05, 0.1) is 12.7 Å². The SMILES string of the molecule is CCC(C)CC(NN)C1COC(C)C1. The number of nitrogens with one attached hydrogen (secondary N) is 1. The molecule has 0 bridgehead atoms. The molecule has 0 aromatic heterocycles. The third-order valence-electron chi connectivity index (χ3n) is 3.37. The van der Waals surface area contributed by atoms with Crippen molar-refractivity contribution in [2.75, 3.05) is 6.61 Å². The predicted octanol–water partition coefficient (Wildman–Crippen LogP) is 1.68. The number of ether oxygens (including phenoxy) is 1. The quantitative estimate of drug-likeness (QED) is 0.524. The summed E-state index contributed by atoms with van der Waals surface area (Å²) in [5.74, 6) is 6.94. The van der Waals surface area contributed by atoms with Crippen LogP contribution in [0.1, 0.15) is 40.0 Å². The van der Waals surface area contributed by atoms with Crippen molar-refractivity contribution in [3.8, 4) is 0 Å². The van der Waals surface area contributed by atoms with Crippen molar-refractivity contribution >= 4 is 0 Å². The molecule has 14 heavy (non-hydrogen) atoms. The summed E-state index contributed by atoms with van der Waals surface area (Å²) in [7, 11) is 0. The topological polar surface area (TPSA) is 47.3 Å². The minimum Gasteiger partial charge on any atom is -0.378 e. The van der Waals surface area contributed by atoms with Crippen molar-refractivity contribution < 1.29 is 4.74 Å². The van der Waals surface area contributed by atoms with Gasteiger partial charge < -0.3 is 4.74 Å². The molecule has 0 aliphatic carbocycles. The highest BCUT2D eigenvalue weighted by molar-refractivity contribution is 4.81. The highest BCUT2D eigenvalue weighted by atomic mass is 16.5. The van der Waals surface area contributed by atoms with Gasteiger partial charge in [-0.3, -0.25) is 11.3 Å². The zero-order valence-electron chi connectivity index (χ0n) is 9.62. The van der Waals surface area contributed by atoms with Crippen LogP contribution < -0.4 is 11.3 Å². The van der Waals surface area contributed by atoms with E-state index in [-0.39, 0.29) is 0 Å². The first-order valence-electron chi connectivity index (χ1n) is 5.75. The Kier molecular flexibility index (Phi) is 4.85. The second-order valence-electron chi connectivity index (χ2n) is 4.66. The molecule has 0 radical (unpaired) electrons. The molecule has 0 aromatic carbocycles. The van der Waals surface area contributed by atoms with Crippen LogP contribution in [0.15, 0.2) is 0 Å². The first kappa shape index (κ1) is 12.0. The third kappa shape index (κ3) is 3.23. The molecule has 3 heteroatoms. The molecule has 0 amide bonds.